The van der Waals surface area contributed by atoms with Crippen LogP contribution < -0.4 is 10.1 Å². The van der Waals surface area contributed by atoms with E-state index in [9.17, 15) is 0 Å². The normalized spacial score (nSPS) is 24.1. The van der Waals surface area contributed by atoms with Crippen molar-refractivity contribution < 1.29 is 4.74 Å². The molecule has 0 spiro atoms. The van der Waals surface area contributed by atoms with Gasteiger partial charge in [-0.15, -0.1) is 0 Å². The Hall–Kier alpha value is -0.870. The molecule has 0 bridgehead atoms. The van der Waals surface area contributed by atoms with Gasteiger partial charge in [0.15, 0.2) is 5.17 Å². The van der Waals surface area contributed by atoms with Crippen molar-refractivity contribution >= 4 is 28.5 Å². The number of hydrogen-bond donors (Lipinski definition) is 1. The maximum absolute atomic E-state index is 5.84. The first-order valence-electron chi connectivity index (χ1n) is 7.67. The second-order valence-electron chi connectivity index (χ2n) is 5.54. The zero-order valence-corrected chi connectivity index (χ0v) is 13.6. The Labute approximate surface area is 135 Å². The first kappa shape index (κ1) is 15.0. The molecule has 114 valence electrons. The summed E-state index contributed by atoms with van der Waals surface area (Å²) in [5.41, 5.74) is 0. The van der Waals surface area contributed by atoms with E-state index in [1.807, 2.05) is 36.0 Å². The number of aliphatic imine (C=N–C) groups is 1. The summed E-state index contributed by atoms with van der Waals surface area (Å²) < 4.78 is 5.69. The molecule has 3 rings (SSSR count). The highest BCUT2D eigenvalue weighted by atomic mass is 35.5. The number of fused-ring (bicyclic) bond motifs is 1. The summed E-state index contributed by atoms with van der Waals surface area (Å²) in [6.45, 7) is 0.731. The zero-order chi connectivity index (χ0) is 14.5. The quantitative estimate of drug-likeness (QED) is 0.827. The Balaban J connectivity index is 1.32. The third kappa shape index (κ3) is 4.30. The standard InChI is InChI=1S/C16H21ClN2OS/c17-12-6-8-13(9-7-12)20-10-3-11-21-16-18-14-4-1-2-5-15(14)19-16/h6-9,14-15H,1-5,10-11H2,(H,18,19). The SMILES string of the molecule is Clc1ccc(OCCCSC2=NC3CCCCC3N2)cc1. The molecule has 1 aromatic rings. The van der Waals surface area contributed by atoms with Gasteiger partial charge in [0.25, 0.3) is 0 Å². The zero-order valence-electron chi connectivity index (χ0n) is 12.1. The van der Waals surface area contributed by atoms with Gasteiger partial charge in [0.1, 0.15) is 5.75 Å². The Morgan fingerprint density at radius 2 is 2.05 bits per heavy atom. The topological polar surface area (TPSA) is 33.6 Å². The third-order valence-electron chi connectivity index (χ3n) is 3.93. The van der Waals surface area contributed by atoms with Gasteiger partial charge in [0.2, 0.25) is 0 Å². The van der Waals surface area contributed by atoms with Gasteiger partial charge in [-0.3, -0.25) is 4.99 Å². The number of hydrogen-bond acceptors (Lipinski definition) is 4. The largest absolute Gasteiger partial charge is 0.494 e. The summed E-state index contributed by atoms with van der Waals surface area (Å²) >= 11 is 7.67. The molecule has 2 atom stereocenters. The van der Waals surface area contributed by atoms with Gasteiger partial charge < -0.3 is 10.1 Å². The van der Waals surface area contributed by atoms with Crippen LogP contribution in [0, 0.1) is 0 Å². The Morgan fingerprint density at radius 1 is 1.24 bits per heavy atom. The van der Waals surface area contributed by atoms with Gasteiger partial charge in [-0.05, 0) is 43.5 Å². The van der Waals surface area contributed by atoms with Crippen molar-refractivity contribution in [2.24, 2.45) is 4.99 Å². The molecule has 3 nitrogen and oxygen atoms in total. The van der Waals surface area contributed by atoms with E-state index in [0.29, 0.717) is 12.1 Å². The molecule has 2 unspecified atom stereocenters. The first-order chi connectivity index (χ1) is 10.3. The Kier molecular flexibility index (Phi) is 5.31. The number of ether oxygens (including phenoxy) is 1. The van der Waals surface area contributed by atoms with Gasteiger partial charge in [0, 0.05) is 10.8 Å². The van der Waals surface area contributed by atoms with Crippen molar-refractivity contribution in [2.75, 3.05) is 12.4 Å². The summed E-state index contributed by atoms with van der Waals surface area (Å²) in [7, 11) is 0. The van der Waals surface area contributed by atoms with Crippen LogP contribution in [0.25, 0.3) is 0 Å². The minimum atomic E-state index is 0.534. The molecule has 1 fully saturated rings. The average Bonchev–Trinajstić information content (AvgIpc) is 2.91. The van der Waals surface area contributed by atoms with E-state index < -0.39 is 0 Å². The maximum atomic E-state index is 5.84. The van der Waals surface area contributed by atoms with Crippen LogP contribution in [0.1, 0.15) is 32.1 Å². The molecule has 5 heteroatoms. The minimum Gasteiger partial charge on any atom is -0.494 e. The van der Waals surface area contributed by atoms with Crippen LogP contribution in [0.5, 0.6) is 5.75 Å². The second kappa shape index (κ2) is 7.41. The highest BCUT2D eigenvalue weighted by molar-refractivity contribution is 8.13. The van der Waals surface area contributed by atoms with Gasteiger partial charge in [-0.1, -0.05) is 36.2 Å². The number of nitrogens with one attached hydrogen (secondary N) is 1. The summed E-state index contributed by atoms with van der Waals surface area (Å²) in [6, 6.07) is 8.65. The van der Waals surface area contributed by atoms with Crippen LogP contribution in [0.3, 0.4) is 0 Å². The second-order valence-corrected chi connectivity index (χ2v) is 7.06. The smallest absolute Gasteiger partial charge is 0.157 e. The highest BCUT2D eigenvalue weighted by Gasteiger charge is 2.30. The summed E-state index contributed by atoms with van der Waals surface area (Å²) in [5.74, 6) is 1.92. The molecule has 1 N–H and O–H groups in total. The molecule has 1 saturated carbocycles. The lowest BCUT2D eigenvalue weighted by molar-refractivity contribution is 0.319. The van der Waals surface area contributed by atoms with Crippen LogP contribution in [0.15, 0.2) is 29.3 Å². The van der Waals surface area contributed by atoms with E-state index in [0.717, 1.165) is 34.7 Å². The van der Waals surface area contributed by atoms with E-state index in [1.165, 1.54) is 25.7 Å². The molecule has 1 aliphatic heterocycles. The van der Waals surface area contributed by atoms with Crippen LogP contribution in [-0.4, -0.2) is 29.6 Å². The monoisotopic (exact) mass is 324 g/mol. The van der Waals surface area contributed by atoms with Crippen LogP contribution in [-0.2, 0) is 0 Å². The first-order valence-corrected chi connectivity index (χ1v) is 9.03. The lowest BCUT2D eigenvalue weighted by Gasteiger charge is -2.23. The van der Waals surface area contributed by atoms with E-state index in [1.54, 1.807) is 0 Å². The van der Waals surface area contributed by atoms with Gasteiger partial charge in [0.05, 0.1) is 18.7 Å². The Morgan fingerprint density at radius 3 is 2.86 bits per heavy atom. The summed E-state index contributed by atoms with van der Waals surface area (Å²) in [4.78, 5) is 4.79. The molecule has 0 amide bonds. The van der Waals surface area contributed by atoms with Crippen molar-refractivity contribution in [2.45, 2.75) is 44.2 Å². The fraction of sp³-hybridized carbons (Fsp3) is 0.562. The Bertz CT molecular complexity index is 492. The maximum Gasteiger partial charge on any atom is 0.157 e. The van der Waals surface area contributed by atoms with E-state index >= 15 is 0 Å². The van der Waals surface area contributed by atoms with Crippen molar-refractivity contribution in [1.29, 1.82) is 0 Å². The van der Waals surface area contributed by atoms with Gasteiger partial charge >= 0.3 is 0 Å². The fourth-order valence-electron chi connectivity index (χ4n) is 2.81. The van der Waals surface area contributed by atoms with E-state index in [-0.39, 0.29) is 0 Å². The van der Waals surface area contributed by atoms with Crippen LogP contribution in [0.2, 0.25) is 5.02 Å². The van der Waals surface area contributed by atoms with Gasteiger partial charge in [-0.25, -0.2) is 0 Å². The minimum absolute atomic E-state index is 0.534. The van der Waals surface area contributed by atoms with E-state index in [2.05, 4.69) is 5.32 Å². The number of halogens is 1. The molecule has 0 saturated heterocycles. The number of thioether (sulfide) groups is 1. The molecular weight excluding hydrogens is 304 g/mol. The van der Waals surface area contributed by atoms with Crippen molar-refractivity contribution in [3.05, 3.63) is 29.3 Å². The van der Waals surface area contributed by atoms with Crippen molar-refractivity contribution in [3.8, 4) is 5.75 Å². The van der Waals surface area contributed by atoms with Crippen molar-refractivity contribution in [1.82, 2.24) is 5.32 Å². The number of amidine groups is 1. The predicted octanol–water partition coefficient (Wildman–Crippen LogP) is 4.11. The molecule has 0 radical (unpaired) electrons. The molecule has 1 heterocycles. The molecule has 0 aromatic heterocycles. The van der Waals surface area contributed by atoms with Gasteiger partial charge in [-0.2, -0.15) is 0 Å². The number of benzene rings is 1. The van der Waals surface area contributed by atoms with E-state index in [4.69, 9.17) is 21.3 Å². The lowest BCUT2D eigenvalue weighted by Crippen LogP contribution is -2.36. The number of rotatable bonds is 5. The fourth-order valence-corrected chi connectivity index (χ4v) is 3.83. The predicted molar refractivity (Wildman–Crippen MR) is 90.6 cm³/mol. The van der Waals surface area contributed by atoms with Crippen LogP contribution in [0.4, 0.5) is 0 Å². The average molecular weight is 325 g/mol. The summed E-state index contributed by atoms with van der Waals surface area (Å²) in [5, 5.41) is 5.44. The molecule has 1 aromatic carbocycles. The molecule has 1 aliphatic carbocycles. The summed E-state index contributed by atoms with van der Waals surface area (Å²) in [6.07, 6.45) is 6.22. The molecular formula is C16H21ClN2OS. The van der Waals surface area contributed by atoms with Crippen LogP contribution >= 0.6 is 23.4 Å². The third-order valence-corrected chi connectivity index (χ3v) is 5.17. The molecule has 2 aliphatic rings. The lowest BCUT2D eigenvalue weighted by atomic mass is 9.92. The highest BCUT2D eigenvalue weighted by Crippen LogP contribution is 2.27. The molecule has 21 heavy (non-hydrogen) atoms. The van der Waals surface area contributed by atoms with Crippen molar-refractivity contribution in [3.63, 3.8) is 0 Å². The number of nitrogens with zero attached hydrogens (tertiary/aromatic N) is 1.